The van der Waals surface area contributed by atoms with Gasteiger partial charge in [0.2, 0.25) is 5.43 Å². The Hall–Kier alpha value is -4.99. The Morgan fingerprint density at radius 2 is 1.50 bits per heavy atom. The first-order valence-electron chi connectivity index (χ1n) is 10.6. The number of rotatable bonds is 3. The molecule has 36 heavy (non-hydrogen) atoms. The van der Waals surface area contributed by atoms with Gasteiger partial charge in [-0.1, -0.05) is 0 Å². The van der Waals surface area contributed by atoms with Crippen molar-refractivity contribution in [3.05, 3.63) is 68.4 Å². The molecular formula is C26H18O10. The van der Waals surface area contributed by atoms with Crippen molar-refractivity contribution >= 4 is 39.3 Å². The molecule has 0 spiro atoms. The smallest absolute Gasteiger partial charge is 0.200 e. The average Bonchev–Trinajstić information content (AvgIpc) is 2.81. The molecule has 182 valence electrons. The second-order valence-corrected chi connectivity index (χ2v) is 8.41. The minimum absolute atomic E-state index is 0.0223. The van der Waals surface area contributed by atoms with Crippen LogP contribution in [0.3, 0.4) is 0 Å². The van der Waals surface area contributed by atoms with Gasteiger partial charge < -0.3 is 34.7 Å². The molecule has 0 bridgehead atoms. The maximum Gasteiger partial charge on any atom is 0.200 e. The summed E-state index contributed by atoms with van der Waals surface area (Å²) in [5, 5.41) is 49.7. The molecule has 1 aliphatic rings. The molecule has 0 saturated carbocycles. The number of fused-ring (bicyclic) bond motifs is 3. The van der Waals surface area contributed by atoms with Gasteiger partial charge in [0.1, 0.15) is 29.3 Å². The number of aromatic hydroxyl groups is 4. The zero-order valence-electron chi connectivity index (χ0n) is 18.9. The van der Waals surface area contributed by atoms with Gasteiger partial charge in [0, 0.05) is 17.7 Å². The molecule has 5 N–H and O–H groups in total. The van der Waals surface area contributed by atoms with Gasteiger partial charge in [0.15, 0.2) is 34.6 Å². The van der Waals surface area contributed by atoms with Crippen molar-refractivity contribution in [3.63, 3.8) is 0 Å². The molecule has 10 nitrogen and oxygen atoms in total. The van der Waals surface area contributed by atoms with E-state index in [1.807, 2.05) is 0 Å². The van der Waals surface area contributed by atoms with Crippen molar-refractivity contribution in [3.8, 4) is 28.7 Å². The van der Waals surface area contributed by atoms with Crippen LogP contribution in [0, 0.1) is 6.92 Å². The zero-order chi connectivity index (χ0) is 26.0. The van der Waals surface area contributed by atoms with Crippen LogP contribution in [0.5, 0.6) is 28.7 Å². The average molecular weight is 490 g/mol. The lowest BCUT2D eigenvalue weighted by atomic mass is 9.90. The fourth-order valence-corrected chi connectivity index (χ4v) is 4.35. The Morgan fingerprint density at radius 3 is 2.19 bits per heavy atom. The minimum Gasteiger partial charge on any atom is -0.507 e. The molecule has 1 aromatic heterocycles. The van der Waals surface area contributed by atoms with Gasteiger partial charge in [-0.2, -0.15) is 0 Å². The minimum atomic E-state index is -0.735. The number of Topliss-reactive ketones (excluding diaryl/α,β-unsaturated/α-hetero) is 2. The highest BCUT2D eigenvalue weighted by Gasteiger charge is 2.30. The van der Waals surface area contributed by atoms with Crippen molar-refractivity contribution < 1.29 is 44.3 Å². The Kier molecular flexibility index (Phi) is 4.92. The fraction of sp³-hybridized carbons (Fsp3) is 0.115. The SMILES string of the molecule is CC(=O)c1c(C)c(C(=O)C2=C(O)c3cc(O)c(O)cc3OC2)cc2c(=O)c3cc(O)c(O)cc3oc12. The summed E-state index contributed by atoms with van der Waals surface area (Å²) in [6.45, 7) is 2.34. The van der Waals surface area contributed by atoms with Crippen LogP contribution in [-0.4, -0.2) is 43.7 Å². The molecular weight excluding hydrogens is 472 g/mol. The number of benzene rings is 3. The lowest BCUT2D eigenvalue weighted by Crippen LogP contribution is -2.20. The molecule has 0 fully saturated rings. The first kappa shape index (κ1) is 22.8. The van der Waals surface area contributed by atoms with Crippen molar-refractivity contribution in [1.29, 1.82) is 0 Å². The van der Waals surface area contributed by atoms with Crippen LogP contribution in [0.15, 0.2) is 45.1 Å². The third-order valence-corrected chi connectivity index (χ3v) is 6.18. The summed E-state index contributed by atoms with van der Waals surface area (Å²) in [5.74, 6) is -3.74. The highest BCUT2D eigenvalue weighted by Crippen LogP contribution is 2.40. The Balaban J connectivity index is 1.79. The number of aliphatic hydroxyl groups is 1. The molecule has 0 amide bonds. The standard InChI is InChI=1S/C26H18O10/c1-9-11(23(32)15-8-35-20-6-18(30)16(28)4-12(20)25(15)34)3-14-24(33)13-5-17(29)19(31)7-21(13)36-26(14)22(9)10(2)27/h3-7,28-31,34H,8H2,1-2H3. The number of hydrogen-bond donors (Lipinski definition) is 5. The van der Waals surface area contributed by atoms with E-state index < -0.39 is 45.8 Å². The van der Waals surface area contributed by atoms with Crippen LogP contribution in [-0.2, 0) is 0 Å². The maximum absolute atomic E-state index is 13.6. The van der Waals surface area contributed by atoms with Gasteiger partial charge in [-0.3, -0.25) is 14.4 Å². The highest BCUT2D eigenvalue weighted by atomic mass is 16.5. The molecule has 0 saturated heterocycles. The van der Waals surface area contributed by atoms with E-state index in [-0.39, 0.29) is 62.1 Å². The molecule has 0 unspecified atom stereocenters. The van der Waals surface area contributed by atoms with Crippen molar-refractivity contribution in [2.24, 2.45) is 0 Å². The lowest BCUT2D eigenvalue weighted by Gasteiger charge is -2.21. The summed E-state index contributed by atoms with van der Waals surface area (Å²) < 4.78 is 11.3. The monoisotopic (exact) mass is 490 g/mol. The molecule has 3 aromatic carbocycles. The predicted octanol–water partition coefficient (Wildman–Crippen LogP) is 3.82. The van der Waals surface area contributed by atoms with Gasteiger partial charge >= 0.3 is 0 Å². The van der Waals surface area contributed by atoms with Crippen LogP contribution >= 0.6 is 0 Å². The van der Waals surface area contributed by atoms with Gasteiger partial charge in [0.25, 0.3) is 0 Å². The van der Waals surface area contributed by atoms with Crippen LogP contribution in [0.25, 0.3) is 27.7 Å². The molecule has 4 aromatic rings. The van der Waals surface area contributed by atoms with Gasteiger partial charge in [0.05, 0.1) is 27.5 Å². The molecule has 10 heteroatoms. The van der Waals surface area contributed by atoms with Crippen molar-refractivity contribution in [1.82, 2.24) is 0 Å². The van der Waals surface area contributed by atoms with Crippen LogP contribution in [0.2, 0.25) is 0 Å². The number of ketones is 2. The highest BCUT2D eigenvalue weighted by molar-refractivity contribution is 6.18. The van der Waals surface area contributed by atoms with E-state index in [1.165, 1.54) is 19.9 Å². The van der Waals surface area contributed by atoms with Crippen molar-refractivity contribution in [2.75, 3.05) is 6.61 Å². The molecule has 0 atom stereocenters. The second-order valence-electron chi connectivity index (χ2n) is 8.41. The molecule has 2 heterocycles. The normalized spacial score (nSPS) is 13.1. The third kappa shape index (κ3) is 3.22. The largest absolute Gasteiger partial charge is 0.507 e. The summed E-state index contributed by atoms with van der Waals surface area (Å²) in [6, 6.07) is 5.45. The Morgan fingerprint density at radius 1 is 0.861 bits per heavy atom. The van der Waals surface area contributed by atoms with Crippen LogP contribution in [0.4, 0.5) is 0 Å². The number of ether oxygens (including phenoxy) is 1. The molecule has 1 aliphatic heterocycles. The summed E-state index contributed by atoms with van der Waals surface area (Å²) in [4.78, 5) is 39.4. The van der Waals surface area contributed by atoms with E-state index in [9.17, 15) is 39.9 Å². The summed E-state index contributed by atoms with van der Waals surface area (Å²) in [5.41, 5.74) is -0.955. The Labute approximate surface area is 201 Å². The van der Waals surface area contributed by atoms with Gasteiger partial charge in [-0.15, -0.1) is 0 Å². The van der Waals surface area contributed by atoms with E-state index >= 15 is 0 Å². The topological polar surface area (TPSA) is 175 Å². The van der Waals surface area contributed by atoms with E-state index in [1.54, 1.807) is 0 Å². The molecule has 5 rings (SSSR count). The number of hydrogen-bond acceptors (Lipinski definition) is 10. The van der Waals surface area contributed by atoms with E-state index in [0.717, 1.165) is 24.3 Å². The van der Waals surface area contributed by atoms with E-state index in [0.29, 0.717) is 0 Å². The lowest BCUT2D eigenvalue weighted by molar-refractivity contribution is 0.101. The van der Waals surface area contributed by atoms with E-state index in [2.05, 4.69) is 0 Å². The molecule has 0 aliphatic carbocycles. The third-order valence-electron chi connectivity index (χ3n) is 6.18. The maximum atomic E-state index is 13.6. The Bertz CT molecular complexity index is 1760. The summed E-state index contributed by atoms with van der Waals surface area (Å²) in [6.07, 6.45) is 0. The molecule has 0 radical (unpaired) electrons. The quantitative estimate of drug-likeness (QED) is 0.161. The summed E-state index contributed by atoms with van der Waals surface area (Å²) in [7, 11) is 0. The number of carbonyl (C=O) groups is 2. The fourth-order valence-electron chi connectivity index (χ4n) is 4.35. The van der Waals surface area contributed by atoms with Crippen molar-refractivity contribution in [2.45, 2.75) is 13.8 Å². The number of aliphatic hydroxyl groups excluding tert-OH is 1. The number of phenols is 4. The van der Waals surface area contributed by atoms with Crippen LogP contribution < -0.4 is 10.2 Å². The second kappa shape index (κ2) is 7.77. The first-order chi connectivity index (χ1) is 17.0. The van der Waals surface area contributed by atoms with Gasteiger partial charge in [-0.25, -0.2) is 0 Å². The number of phenolic OH excluding ortho intramolecular Hbond substituents is 4. The summed E-state index contributed by atoms with van der Waals surface area (Å²) >= 11 is 0. The van der Waals surface area contributed by atoms with E-state index in [4.69, 9.17) is 9.15 Å². The van der Waals surface area contributed by atoms with Crippen LogP contribution in [0.1, 0.15) is 38.8 Å². The van der Waals surface area contributed by atoms with Gasteiger partial charge in [-0.05, 0) is 37.6 Å². The first-order valence-corrected chi connectivity index (χ1v) is 10.6. The number of carbonyl (C=O) groups excluding carboxylic acids is 2. The zero-order valence-corrected chi connectivity index (χ0v) is 18.9. The predicted molar refractivity (Wildman–Crippen MR) is 127 cm³/mol.